The van der Waals surface area contributed by atoms with Crippen molar-refractivity contribution in [2.45, 2.75) is 25.7 Å². The number of halogens is 2. The zero-order valence-electron chi connectivity index (χ0n) is 17.1. The van der Waals surface area contributed by atoms with Crippen LogP contribution in [-0.2, 0) is 4.74 Å². The van der Waals surface area contributed by atoms with E-state index in [9.17, 15) is 0 Å². The fourth-order valence-electron chi connectivity index (χ4n) is 4.04. The first-order valence-corrected chi connectivity index (χ1v) is 10.9. The molecule has 0 amide bonds. The Labute approximate surface area is 195 Å². The van der Waals surface area contributed by atoms with Crippen molar-refractivity contribution in [1.82, 2.24) is 10.2 Å². The van der Waals surface area contributed by atoms with Crippen molar-refractivity contribution >= 4 is 51.6 Å². The van der Waals surface area contributed by atoms with Crippen molar-refractivity contribution in [3.8, 4) is 0 Å². The maximum atomic E-state index is 5.46. The third-order valence-electron chi connectivity index (χ3n) is 5.80. The fraction of sp³-hybridized carbons (Fsp3) is 0.667. The molecule has 0 aliphatic carbocycles. The molecule has 5 nitrogen and oxygen atoms in total. The third kappa shape index (κ3) is 7.06. The van der Waals surface area contributed by atoms with Crippen molar-refractivity contribution in [2.24, 2.45) is 16.8 Å². The van der Waals surface area contributed by atoms with E-state index in [0.717, 1.165) is 55.7 Å². The van der Waals surface area contributed by atoms with Crippen LogP contribution in [0.1, 0.15) is 25.7 Å². The molecule has 1 aromatic rings. The van der Waals surface area contributed by atoms with Gasteiger partial charge in [-0.3, -0.25) is 4.99 Å². The lowest BCUT2D eigenvalue weighted by Gasteiger charge is -2.27. The van der Waals surface area contributed by atoms with Gasteiger partial charge in [-0.1, -0.05) is 22.0 Å². The molecule has 7 heteroatoms. The average Bonchev–Trinajstić information content (AvgIpc) is 3.17. The minimum atomic E-state index is 0. The van der Waals surface area contributed by atoms with Gasteiger partial charge in [0.2, 0.25) is 0 Å². The maximum absolute atomic E-state index is 5.46. The van der Waals surface area contributed by atoms with Crippen LogP contribution in [0.3, 0.4) is 0 Å². The Bertz CT molecular complexity index is 624. The van der Waals surface area contributed by atoms with Gasteiger partial charge in [-0.15, -0.1) is 24.0 Å². The Hall–Kier alpha value is -0.540. The number of aliphatic imine (C=N–C) groups is 1. The quantitative estimate of drug-likeness (QED) is 0.319. The van der Waals surface area contributed by atoms with Crippen LogP contribution in [0.25, 0.3) is 0 Å². The van der Waals surface area contributed by atoms with Crippen LogP contribution >= 0.6 is 39.9 Å². The number of benzene rings is 1. The summed E-state index contributed by atoms with van der Waals surface area (Å²) >= 11 is 3.58. The number of rotatable bonds is 6. The number of anilines is 1. The Balaban J connectivity index is 0.00000280. The molecule has 1 unspecified atom stereocenters. The smallest absolute Gasteiger partial charge is 0.193 e. The molecule has 0 spiro atoms. The van der Waals surface area contributed by atoms with Crippen molar-refractivity contribution in [3.63, 3.8) is 0 Å². The molecule has 2 aliphatic rings. The van der Waals surface area contributed by atoms with Gasteiger partial charge in [0.05, 0.1) is 0 Å². The number of nitrogens with zero attached hydrogens (tertiary/aromatic N) is 3. The molecular weight excluding hydrogens is 531 g/mol. The Kier molecular flexibility index (Phi) is 10.4. The molecule has 0 aromatic heterocycles. The highest BCUT2D eigenvalue weighted by molar-refractivity contribution is 14.0. The summed E-state index contributed by atoms with van der Waals surface area (Å²) in [5, 5.41) is 3.60. The second-order valence-corrected chi connectivity index (χ2v) is 8.69. The molecule has 0 radical (unpaired) electrons. The summed E-state index contributed by atoms with van der Waals surface area (Å²) in [7, 11) is 4.03. The fourth-order valence-corrected chi connectivity index (χ4v) is 4.43. The molecule has 3 rings (SSSR count). The molecule has 1 N–H and O–H groups in total. The van der Waals surface area contributed by atoms with Crippen molar-refractivity contribution in [3.05, 3.63) is 28.7 Å². The highest BCUT2D eigenvalue weighted by Gasteiger charge is 2.23. The predicted octanol–water partition coefficient (Wildman–Crippen LogP) is 4.22. The van der Waals surface area contributed by atoms with E-state index < -0.39 is 0 Å². The molecule has 2 aliphatic heterocycles. The Morgan fingerprint density at radius 3 is 2.79 bits per heavy atom. The van der Waals surface area contributed by atoms with Crippen LogP contribution in [0.5, 0.6) is 0 Å². The lowest BCUT2D eigenvalue weighted by molar-refractivity contribution is 0.0625. The van der Waals surface area contributed by atoms with Crippen LogP contribution < -0.4 is 10.2 Å². The summed E-state index contributed by atoms with van der Waals surface area (Å²) in [4.78, 5) is 9.24. The molecule has 1 atom stereocenters. The standard InChI is InChI=1S/C21H33BrN4O.HI/c1-23-21(25(2)10-6-17-8-12-27-13-9-17)24-15-18-7-11-26(16-18)20-5-3-4-19(22)14-20;/h3-5,14,17-18H,6-13,15-16H2,1-2H3,(H,23,24);1H. The molecule has 0 bridgehead atoms. The molecular formula is C21H34BrIN4O. The summed E-state index contributed by atoms with van der Waals surface area (Å²) in [5.74, 6) is 2.47. The van der Waals surface area contributed by atoms with E-state index in [1.54, 1.807) is 0 Å². The average molecular weight is 565 g/mol. The largest absolute Gasteiger partial charge is 0.381 e. The van der Waals surface area contributed by atoms with E-state index in [2.05, 4.69) is 67.4 Å². The van der Waals surface area contributed by atoms with Gasteiger partial charge in [-0.05, 0) is 55.7 Å². The molecule has 2 fully saturated rings. The van der Waals surface area contributed by atoms with Gasteiger partial charge in [0.1, 0.15) is 0 Å². The molecule has 0 saturated carbocycles. The van der Waals surface area contributed by atoms with Crippen LogP contribution in [0.2, 0.25) is 0 Å². The first kappa shape index (κ1) is 23.7. The van der Waals surface area contributed by atoms with E-state index in [0.29, 0.717) is 5.92 Å². The van der Waals surface area contributed by atoms with Crippen molar-refractivity contribution < 1.29 is 4.74 Å². The summed E-state index contributed by atoms with van der Waals surface area (Å²) in [6, 6.07) is 8.60. The molecule has 158 valence electrons. The van der Waals surface area contributed by atoms with E-state index in [1.807, 2.05) is 7.05 Å². The van der Waals surface area contributed by atoms with Crippen molar-refractivity contribution in [2.75, 3.05) is 58.4 Å². The lowest BCUT2D eigenvalue weighted by Crippen LogP contribution is -2.42. The third-order valence-corrected chi connectivity index (χ3v) is 6.29. The van der Waals surface area contributed by atoms with Gasteiger partial charge in [0.15, 0.2) is 5.96 Å². The monoisotopic (exact) mass is 564 g/mol. The van der Waals surface area contributed by atoms with Crippen molar-refractivity contribution in [1.29, 1.82) is 0 Å². The summed E-state index contributed by atoms with van der Waals surface area (Å²) in [6.07, 6.45) is 4.85. The van der Waals surface area contributed by atoms with Gasteiger partial charge in [0.25, 0.3) is 0 Å². The van der Waals surface area contributed by atoms with Crippen LogP contribution in [-0.4, -0.2) is 64.3 Å². The second kappa shape index (κ2) is 12.2. The first-order chi connectivity index (χ1) is 13.2. The van der Waals surface area contributed by atoms with Gasteiger partial charge in [-0.2, -0.15) is 0 Å². The number of hydrogen-bond donors (Lipinski definition) is 1. The molecule has 1 aromatic carbocycles. The van der Waals surface area contributed by atoms with E-state index in [-0.39, 0.29) is 24.0 Å². The molecule has 28 heavy (non-hydrogen) atoms. The van der Waals surface area contributed by atoms with Gasteiger partial charge >= 0.3 is 0 Å². The highest BCUT2D eigenvalue weighted by atomic mass is 127. The minimum Gasteiger partial charge on any atom is -0.381 e. The zero-order valence-corrected chi connectivity index (χ0v) is 21.0. The minimum absolute atomic E-state index is 0. The van der Waals surface area contributed by atoms with Crippen LogP contribution in [0, 0.1) is 11.8 Å². The normalized spacial score (nSPS) is 20.8. The summed E-state index contributed by atoms with van der Waals surface area (Å²) < 4.78 is 6.61. The number of guanidine groups is 1. The van der Waals surface area contributed by atoms with Gasteiger partial charge < -0.3 is 19.9 Å². The first-order valence-electron chi connectivity index (χ1n) is 10.2. The SMILES string of the molecule is CN=C(NCC1CCN(c2cccc(Br)c2)C1)N(C)CCC1CCOCC1.I. The summed E-state index contributed by atoms with van der Waals surface area (Å²) in [5.41, 5.74) is 1.31. The molecule has 2 heterocycles. The number of ether oxygens (including phenoxy) is 1. The number of hydrogen-bond acceptors (Lipinski definition) is 3. The summed E-state index contributed by atoms with van der Waals surface area (Å²) in [6.45, 7) is 6.13. The van der Waals surface area contributed by atoms with E-state index in [4.69, 9.17) is 4.74 Å². The lowest BCUT2D eigenvalue weighted by atomic mass is 9.96. The van der Waals surface area contributed by atoms with Crippen LogP contribution in [0.4, 0.5) is 5.69 Å². The van der Waals surface area contributed by atoms with Crippen LogP contribution in [0.15, 0.2) is 33.7 Å². The maximum Gasteiger partial charge on any atom is 0.193 e. The van der Waals surface area contributed by atoms with E-state index >= 15 is 0 Å². The topological polar surface area (TPSA) is 40.1 Å². The zero-order chi connectivity index (χ0) is 19.1. The predicted molar refractivity (Wildman–Crippen MR) is 132 cm³/mol. The Morgan fingerprint density at radius 2 is 2.07 bits per heavy atom. The Morgan fingerprint density at radius 1 is 1.29 bits per heavy atom. The van der Waals surface area contributed by atoms with E-state index in [1.165, 1.54) is 31.4 Å². The number of nitrogens with one attached hydrogen (secondary N) is 1. The second-order valence-electron chi connectivity index (χ2n) is 7.77. The van der Waals surface area contributed by atoms with Gasteiger partial charge in [-0.25, -0.2) is 0 Å². The molecule has 2 saturated heterocycles. The van der Waals surface area contributed by atoms with Gasteiger partial charge in [0, 0.05) is 63.6 Å². The highest BCUT2D eigenvalue weighted by Crippen LogP contribution is 2.26.